The van der Waals surface area contributed by atoms with E-state index in [-0.39, 0.29) is 0 Å². The molecule has 1 heterocycles. The molecule has 100 valence electrons. The molecule has 0 aliphatic heterocycles. The van der Waals surface area contributed by atoms with E-state index in [1.54, 1.807) is 5.56 Å². The topological polar surface area (TPSA) is 3.24 Å². The second-order valence-corrected chi connectivity index (χ2v) is 7.48. The fourth-order valence-corrected chi connectivity index (χ4v) is 5.44. The van der Waals surface area contributed by atoms with Crippen LogP contribution in [0.1, 0.15) is 30.7 Å². The zero-order valence-corrected chi connectivity index (χ0v) is 12.5. The fraction of sp³-hybridized carbons (Fsp3) is 0.529. The van der Waals surface area contributed by atoms with Gasteiger partial charge in [0.1, 0.15) is 0 Å². The molecule has 4 unspecified atom stereocenters. The molecule has 1 aromatic carbocycles. The minimum Gasteiger partial charge on any atom is -0.306 e. The van der Waals surface area contributed by atoms with Crippen LogP contribution in [0.15, 0.2) is 29.6 Å². The Morgan fingerprint density at radius 2 is 1.95 bits per heavy atom. The molecule has 2 heteroatoms. The van der Waals surface area contributed by atoms with E-state index in [1.165, 1.54) is 29.3 Å². The molecule has 2 saturated carbocycles. The number of hydrogen-bond donors (Lipinski definition) is 0. The third kappa shape index (κ3) is 1.77. The number of rotatable bonds is 2. The number of thiophene rings is 1. The molecule has 0 amide bonds. The molecule has 2 aliphatic rings. The Morgan fingerprint density at radius 1 is 1.11 bits per heavy atom. The van der Waals surface area contributed by atoms with Gasteiger partial charge in [-0.15, -0.1) is 11.3 Å². The largest absolute Gasteiger partial charge is 0.306 e. The Balaban J connectivity index is 1.77. The van der Waals surface area contributed by atoms with Crippen molar-refractivity contribution in [2.24, 2.45) is 11.8 Å². The average molecular weight is 271 g/mol. The first-order valence-electron chi connectivity index (χ1n) is 7.37. The highest BCUT2D eigenvalue weighted by atomic mass is 32.1. The van der Waals surface area contributed by atoms with E-state index < -0.39 is 0 Å². The predicted molar refractivity (Wildman–Crippen MR) is 82.9 cm³/mol. The van der Waals surface area contributed by atoms with Crippen LogP contribution < -0.4 is 0 Å². The Hall–Kier alpha value is -0.860. The number of nitrogens with zero attached hydrogens (tertiary/aromatic N) is 1. The second kappa shape index (κ2) is 4.32. The molecule has 2 aliphatic carbocycles. The lowest BCUT2D eigenvalue weighted by atomic mass is 9.79. The van der Waals surface area contributed by atoms with Crippen LogP contribution >= 0.6 is 11.3 Å². The van der Waals surface area contributed by atoms with Gasteiger partial charge in [-0.2, -0.15) is 0 Å². The average Bonchev–Trinajstić information content (AvgIpc) is 3.11. The van der Waals surface area contributed by atoms with Gasteiger partial charge in [-0.1, -0.05) is 6.07 Å². The smallest absolute Gasteiger partial charge is 0.0342 e. The Kier molecular flexibility index (Phi) is 2.71. The third-order valence-corrected chi connectivity index (χ3v) is 6.23. The zero-order valence-electron chi connectivity index (χ0n) is 11.7. The molecular formula is C17H21NS. The van der Waals surface area contributed by atoms with E-state index in [9.17, 15) is 0 Å². The van der Waals surface area contributed by atoms with E-state index in [0.29, 0.717) is 0 Å². The minimum atomic E-state index is 0.759. The van der Waals surface area contributed by atoms with Crippen LogP contribution in [-0.4, -0.2) is 25.0 Å². The summed E-state index contributed by atoms with van der Waals surface area (Å²) in [5.41, 5.74) is 1.58. The molecule has 1 aromatic heterocycles. The lowest BCUT2D eigenvalue weighted by Gasteiger charge is -2.36. The Morgan fingerprint density at radius 3 is 2.79 bits per heavy atom. The van der Waals surface area contributed by atoms with E-state index in [1.807, 2.05) is 11.3 Å². The lowest BCUT2D eigenvalue weighted by Crippen LogP contribution is -2.38. The van der Waals surface area contributed by atoms with Crippen LogP contribution in [0.3, 0.4) is 0 Å². The van der Waals surface area contributed by atoms with Crippen molar-refractivity contribution < 1.29 is 0 Å². The van der Waals surface area contributed by atoms with Crippen molar-refractivity contribution in [1.82, 2.24) is 4.90 Å². The maximum atomic E-state index is 2.48. The van der Waals surface area contributed by atoms with Crippen LogP contribution in [0, 0.1) is 11.8 Å². The lowest BCUT2D eigenvalue weighted by molar-refractivity contribution is 0.185. The number of benzene rings is 1. The molecule has 0 spiro atoms. The van der Waals surface area contributed by atoms with E-state index in [4.69, 9.17) is 0 Å². The van der Waals surface area contributed by atoms with Gasteiger partial charge in [0.15, 0.2) is 0 Å². The van der Waals surface area contributed by atoms with Crippen molar-refractivity contribution in [2.45, 2.75) is 31.2 Å². The van der Waals surface area contributed by atoms with Crippen molar-refractivity contribution in [2.75, 3.05) is 14.1 Å². The van der Waals surface area contributed by atoms with Gasteiger partial charge in [-0.25, -0.2) is 0 Å². The summed E-state index contributed by atoms with van der Waals surface area (Å²) in [6.45, 7) is 0. The molecule has 0 saturated heterocycles. The molecule has 2 fully saturated rings. The van der Waals surface area contributed by atoms with Gasteiger partial charge in [0.25, 0.3) is 0 Å². The Bertz CT molecular complexity index is 600. The Labute approximate surface area is 119 Å². The van der Waals surface area contributed by atoms with Gasteiger partial charge in [0.05, 0.1) is 0 Å². The van der Waals surface area contributed by atoms with Crippen molar-refractivity contribution >= 4 is 21.4 Å². The summed E-state index contributed by atoms with van der Waals surface area (Å²) in [5, 5.41) is 3.64. The minimum absolute atomic E-state index is 0.759. The van der Waals surface area contributed by atoms with Crippen LogP contribution in [-0.2, 0) is 0 Å². The van der Waals surface area contributed by atoms with Gasteiger partial charge in [-0.05, 0) is 79.7 Å². The maximum absolute atomic E-state index is 2.48. The molecule has 0 N–H and O–H groups in total. The normalized spacial score (nSPS) is 33.6. The highest BCUT2D eigenvalue weighted by molar-refractivity contribution is 7.17. The van der Waals surface area contributed by atoms with Crippen molar-refractivity contribution in [1.29, 1.82) is 0 Å². The number of likely N-dealkylation sites (N-methyl/N-ethyl adjacent to an activating group) is 1. The van der Waals surface area contributed by atoms with Crippen LogP contribution in [0.5, 0.6) is 0 Å². The molecule has 4 atom stereocenters. The monoisotopic (exact) mass is 271 g/mol. The van der Waals surface area contributed by atoms with E-state index >= 15 is 0 Å². The van der Waals surface area contributed by atoms with E-state index in [2.05, 4.69) is 48.6 Å². The first-order chi connectivity index (χ1) is 9.24. The molecule has 0 radical (unpaired) electrons. The van der Waals surface area contributed by atoms with Crippen molar-refractivity contribution in [3.63, 3.8) is 0 Å². The van der Waals surface area contributed by atoms with Crippen molar-refractivity contribution in [3.8, 4) is 0 Å². The molecule has 1 nitrogen and oxygen atoms in total. The summed E-state index contributed by atoms with van der Waals surface area (Å²) in [4.78, 5) is 2.48. The van der Waals surface area contributed by atoms with Gasteiger partial charge < -0.3 is 4.90 Å². The zero-order chi connectivity index (χ0) is 13.0. The number of hydrogen-bond acceptors (Lipinski definition) is 2. The predicted octanol–water partition coefficient (Wildman–Crippen LogP) is 4.35. The van der Waals surface area contributed by atoms with Crippen LogP contribution in [0.4, 0.5) is 0 Å². The number of fused-ring (bicyclic) bond motifs is 3. The maximum Gasteiger partial charge on any atom is 0.0342 e. The first kappa shape index (κ1) is 11.9. The van der Waals surface area contributed by atoms with Crippen LogP contribution in [0.2, 0.25) is 0 Å². The summed E-state index contributed by atoms with van der Waals surface area (Å²) in [5.74, 6) is 2.62. The molecule has 2 aromatic rings. The summed E-state index contributed by atoms with van der Waals surface area (Å²) in [7, 11) is 4.53. The first-order valence-corrected chi connectivity index (χ1v) is 8.25. The summed E-state index contributed by atoms with van der Waals surface area (Å²) in [6.07, 6.45) is 4.35. The highest BCUT2D eigenvalue weighted by Crippen LogP contribution is 2.54. The van der Waals surface area contributed by atoms with Gasteiger partial charge in [-0.3, -0.25) is 0 Å². The molecule has 4 rings (SSSR count). The summed E-state index contributed by atoms with van der Waals surface area (Å²) in [6, 6.07) is 10.2. The van der Waals surface area contributed by atoms with Gasteiger partial charge >= 0.3 is 0 Å². The van der Waals surface area contributed by atoms with Crippen molar-refractivity contribution in [3.05, 3.63) is 35.2 Å². The fourth-order valence-electron chi connectivity index (χ4n) is 4.67. The molecule has 19 heavy (non-hydrogen) atoms. The quantitative estimate of drug-likeness (QED) is 0.785. The summed E-state index contributed by atoms with van der Waals surface area (Å²) < 4.78 is 1.42. The SMILES string of the molecule is CN(C)C1C2CCC(C2)C1c1ccc2sccc2c1. The summed E-state index contributed by atoms with van der Waals surface area (Å²) >= 11 is 1.85. The van der Waals surface area contributed by atoms with Gasteiger partial charge in [0.2, 0.25) is 0 Å². The second-order valence-electron chi connectivity index (χ2n) is 6.53. The highest BCUT2D eigenvalue weighted by Gasteiger charge is 2.48. The van der Waals surface area contributed by atoms with Gasteiger partial charge in [0, 0.05) is 16.7 Å². The molecular weight excluding hydrogens is 250 g/mol. The standard InChI is InChI=1S/C17H21NS/c1-18(2)17-14-4-3-12(10-14)16(17)13-5-6-15-11(9-13)7-8-19-15/h5-9,12,14,16-17H,3-4,10H2,1-2H3. The van der Waals surface area contributed by atoms with Crippen LogP contribution in [0.25, 0.3) is 10.1 Å². The third-order valence-electron chi connectivity index (χ3n) is 5.33. The molecule has 2 bridgehead atoms. The van der Waals surface area contributed by atoms with E-state index in [0.717, 1.165) is 23.8 Å².